The number of Topliss-reactive ketones (excluding diaryl/α,β-unsaturated/α-hetero) is 1. The van der Waals surface area contributed by atoms with Crippen LogP contribution in [-0.2, 0) is 0 Å². The van der Waals surface area contributed by atoms with Crippen molar-refractivity contribution in [3.8, 4) is 0 Å². The molecule has 0 aromatic heterocycles. The molecule has 1 aliphatic heterocycles. The molecule has 3 heteroatoms. The molecule has 148 valence electrons. The van der Waals surface area contributed by atoms with Gasteiger partial charge in [0.25, 0.3) is 0 Å². The second-order valence-corrected chi connectivity index (χ2v) is 8.29. The second kappa shape index (κ2) is 9.38. The monoisotopic (exact) mass is 376 g/mol. The van der Waals surface area contributed by atoms with Gasteiger partial charge in [0.05, 0.1) is 0 Å². The summed E-state index contributed by atoms with van der Waals surface area (Å²) in [5, 5.41) is 0. The fraction of sp³-hybridized carbons (Fsp3) is 0.480. The standard InChI is InChI=1S/C25H32N2O/c28-25(23-14-12-22(13-15-23)21-7-4-5-8-21)11-6-16-26-17-19-27(20-18-26)24-9-2-1-3-10-24/h1-3,9-10,12-15,21H,4-8,11,16-20H2. The molecule has 0 spiro atoms. The number of hydrogen-bond acceptors (Lipinski definition) is 3. The lowest BCUT2D eigenvalue weighted by Gasteiger charge is -2.36. The summed E-state index contributed by atoms with van der Waals surface area (Å²) in [6.07, 6.45) is 6.93. The van der Waals surface area contributed by atoms with Crippen LogP contribution in [0.15, 0.2) is 54.6 Å². The predicted octanol–water partition coefficient (Wildman–Crippen LogP) is 5.13. The van der Waals surface area contributed by atoms with Crippen LogP contribution in [0, 0.1) is 0 Å². The third-order valence-corrected chi connectivity index (χ3v) is 6.43. The number of para-hydroxylation sites is 1. The lowest BCUT2D eigenvalue weighted by atomic mass is 9.95. The summed E-state index contributed by atoms with van der Waals surface area (Å²) in [5.41, 5.74) is 3.62. The molecule has 0 N–H and O–H groups in total. The van der Waals surface area contributed by atoms with Crippen LogP contribution in [-0.4, -0.2) is 43.4 Å². The predicted molar refractivity (Wildman–Crippen MR) is 116 cm³/mol. The Morgan fingerprint density at radius 1 is 0.857 bits per heavy atom. The van der Waals surface area contributed by atoms with E-state index in [0.29, 0.717) is 12.2 Å². The Balaban J connectivity index is 1.18. The van der Waals surface area contributed by atoms with E-state index in [1.165, 1.54) is 36.9 Å². The zero-order chi connectivity index (χ0) is 19.2. The maximum atomic E-state index is 12.5. The first kappa shape index (κ1) is 19.2. The Morgan fingerprint density at radius 2 is 1.54 bits per heavy atom. The van der Waals surface area contributed by atoms with Crippen molar-refractivity contribution in [1.29, 1.82) is 0 Å². The average Bonchev–Trinajstić information content (AvgIpc) is 3.30. The van der Waals surface area contributed by atoms with Crippen molar-refractivity contribution in [1.82, 2.24) is 4.90 Å². The van der Waals surface area contributed by atoms with Crippen LogP contribution >= 0.6 is 0 Å². The topological polar surface area (TPSA) is 23.6 Å². The Bertz CT molecular complexity index is 742. The molecule has 1 heterocycles. The minimum Gasteiger partial charge on any atom is -0.369 e. The van der Waals surface area contributed by atoms with Gasteiger partial charge in [-0.25, -0.2) is 0 Å². The van der Waals surface area contributed by atoms with Gasteiger partial charge < -0.3 is 4.90 Å². The normalized spacial score (nSPS) is 18.5. The van der Waals surface area contributed by atoms with Crippen LogP contribution in [0.5, 0.6) is 0 Å². The molecule has 28 heavy (non-hydrogen) atoms. The maximum Gasteiger partial charge on any atom is 0.162 e. The molecule has 3 nitrogen and oxygen atoms in total. The van der Waals surface area contributed by atoms with Gasteiger partial charge in [0.15, 0.2) is 5.78 Å². The number of carbonyl (C=O) groups is 1. The van der Waals surface area contributed by atoms with Gasteiger partial charge in [-0.3, -0.25) is 9.69 Å². The van der Waals surface area contributed by atoms with Gasteiger partial charge in [-0.1, -0.05) is 55.3 Å². The highest BCUT2D eigenvalue weighted by atomic mass is 16.1. The number of ketones is 1. The zero-order valence-corrected chi connectivity index (χ0v) is 16.9. The first-order valence-corrected chi connectivity index (χ1v) is 10.9. The maximum absolute atomic E-state index is 12.5. The van der Waals surface area contributed by atoms with Crippen LogP contribution in [0.25, 0.3) is 0 Å². The smallest absolute Gasteiger partial charge is 0.162 e. The number of nitrogens with zero attached hydrogens (tertiary/aromatic N) is 2. The third kappa shape index (κ3) is 4.82. The van der Waals surface area contributed by atoms with Gasteiger partial charge in [0.2, 0.25) is 0 Å². The molecule has 0 bridgehead atoms. The number of anilines is 1. The minimum absolute atomic E-state index is 0.292. The Hall–Kier alpha value is -2.13. The molecule has 2 aromatic carbocycles. The summed E-state index contributed by atoms with van der Waals surface area (Å²) in [4.78, 5) is 17.5. The second-order valence-electron chi connectivity index (χ2n) is 8.29. The molecule has 2 aromatic rings. The van der Waals surface area contributed by atoms with Gasteiger partial charge >= 0.3 is 0 Å². The van der Waals surface area contributed by atoms with Crippen molar-refractivity contribution >= 4 is 11.5 Å². The van der Waals surface area contributed by atoms with E-state index >= 15 is 0 Å². The molecular weight excluding hydrogens is 344 g/mol. The number of piperazine rings is 1. The summed E-state index contributed by atoms with van der Waals surface area (Å²) in [6, 6.07) is 19.1. The summed E-state index contributed by atoms with van der Waals surface area (Å²) >= 11 is 0. The first-order valence-electron chi connectivity index (χ1n) is 10.9. The van der Waals surface area contributed by atoms with Gasteiger partial charge in [-0.2, -0.15) is 0 Å². The third-order valence-electron chi connectivity index (χ3n) is 6.43. The van der Waals surface area contributed by atoms with Gasteiger partial charge in [-0.05, 0) is 49.4 Å². The number of benzene rings is 2. The van der Waals surface area contributed by atoms with Crippen molar-refractivity contribution in [3.63, 3.8) is 0 Å². The van der Waals surface area contributed by atoms with Crippen molar-refractivity contribution < 1.29 is 4.79 Å². The van der Waals surface area contributed by atoms with Crippen molar-refractivity contribution in [3.05, 3.63) is 65.7 Å². The van der Waals surface area contributed by atoms with Gasteiger partial charge in [0.1, 0.15) is 0 Å². The molecule has 0 unspecified atom stereocenters. The fourth-order valence-electron chi connectivity index (χ4n) is 4.68. The number of hydrogen-bond donors (Lipinski definition) is 0. The molecule has 2 fully saturated rings. The fourth-order valence-corrected chi connectivity index (χ4v) is 4.68. The van der Waals surface area contributed by atoms with E-state index in [9.17, 15) is 4.79 Å². The van der Waals surface area contributed by atoms with Gasteiger partial charge in [0, 0.05) is 43.9 Å². The number of rotatable bonds is 7. The Labute approximate surface area is 169 Å². The van der Waals surface area contributed by atoms with Crippen LogP contribution in [0.4, 0.5) is 5.69 Å². The minimum atomic E-state index is 0.292. The SMILES string of the molecule is O=C(CCCN1CCN(c2ccccc2)CC1)c1ccc(C2CCCC2)cc1. The van der Waals surface area contributed by atoms with E-state index < -0.39 is 0 Å². The zero-order valence-electron chi connectivity index (χ0n) is 16.9. The van der Waals surface area contributed by atoms with Crippen molar-refractivity contribution in [2.24, 2.45) is 0 Å². The summed E-state index contributed by atoms with van der Waals surface area (Å²) in [5.74, 6) is 1.01. The average molecular weight is 377 g/mol. The van der Waals surface area contributed by atoms with E-state index in [1.54, 1.807) is 0 Å². The van der Waals surface area contributed by atoms with E-state index in [4.69, 9.17) is 0 Å². The quantitative estimate of drug-likeness (QED) is 0.626. The number of carbonyl (C=O) groups excluding carboxylic acids is 1. The lowest BCUT2D eigenvalue weighted by molar-refractivity contribution is 0.0974. The molecule has 2 aliphatic rings. The molecule has 4 rings (SSSR count). The molecule has 1 saturated heterocycles. The van der Waals surface area contributed by atoms with Crippen molar-refractivity contribution in [2.45, 2.75) is 44.4 Å². The summed E-state index contributed by atoms with van der Waals surface area (Å²) < 4.78 is 0. The van der Waals surface area contributed by atoms with Crippen molar-refractivity contribution in [2.75, 3.05) is 37.6 Å². The Morgan fingerprint density at radius 3 is 2.21 bits per heavy atom. The summed E-state index contributed by atoms with van der Waals surface area (Å²) in [7, 11) is 0. The molecular formula is C25H32N2O. The highest BCUT2D eigenvalue weighted by Crippen LogP contribution is 2.34. The van der Waals surface area contributed by atoms with Crippen LogP contribution in [0.2, 0.25) is 0 Å². The molecule has 1 aliphatic carbocycles. The molecule has 0 radical (unpaired) electrons. The highest BCUT2D eigenvalue weighted by Gasteiger charge is 2.18. The van der Waals surface area contributed by atoms with E-state index in [0.717, 1.165) is 50.6 Å². The van der Waals surface area contributed by atoms with E-state index in [2.05, 4.69) is 64.4 Å². The van der Waals surface area contributed by atoms with Gasteiger partial charge in [-0.15, -0.1) is 0 Å². The lowest BCUT2D eigenvalue weighted by Crippen LogP contribution is -2.46. The van der Waals surface area contributed by atoms with Crippen LogP contribution in [0.3, 0.4) is 0 Å². The molecule has 1 saturated carbocycles. The summed E-state index contributed by atoms with van der Waals surface area (Å²) in [6.45, 7) is 5.33. The Kier molecular flexibility index (Phi) is 6.43. The first-order chi connectivity index (χ1) is 13.8. The largest absolute Gasteiger partial charge is 0.369 e. The molecule has 0 atom stereocenters. The molecule has 0 amide bonds. The van der Waals surface area contributed by atoms with E-state index in [1.807, 2.05) is 0 Å². The van der Waals surface area contributed by atoms with E-state index in [-0.39, 0.29) is 0 Å². The van der Waals surface area contributed by atoms with Crippen LogP contribution < -0.4 is 4.90 Å². The highest BCUT2D eigenvalue weighted by molar-refractivity contribution is 5.96. The van der Waals surface area contributed by atoms with Crippen LogP contribution in [0.1, 0.15) is 60.4 Å².